The van der Waals surface area contributed by atoms with Crippen molar-refractivity contribution in [3.05, 3.63) is 50.1 Å². The maximum absolute atomic E-state index is 11.7. The summed E-state index contributed by atoms with van der Waals surface area (Å²) < 4.78 is 5.12. The van der Waals surface area contributed by atoms with Crippen LogP contribution < -0.4 is 4.74 Å². The summed E-state index contributed by atoms with van der Waals surface area (Å²) in [6, 6.07) is 2.07. The first-order chi connectivity index (χ1) is 12.4. The van der Waals surface area contributed by atoms with Crippen LogP contribution >= 0.6 is 0 Å². The van der Waals surface area contributed by atoms with E-state index in [2.05, 4.69) is 6.92 Å². The van der Waals surface area contributed by atoms with Crippen LogP contribution in [0, 0.1) is 20.2 Å². The topological polar surface area (TPSA) is 113 Å². The molecule has 1 aromatic carbocycles. The highest BCUT2D eigenvalue weighted by atomic mass is 16.6. The third-order valence-corrected chi connectivity index (χ3v) is 3.84. The lowest BCUT2D eigenvalue weighted by Crippen LogP contribution is -2.09. The van der Waals surface area contributed by atoms with Crippen LogP contribution in [0.4, 0.5) is 11.4 Å². The molecule has 0 fully saturated rings. The lowest BCUT2D eigenvalue weighted by atomic mass is 10.0. The van der Waals surface area contributed by atoms with Gasteiger partial charge in [-0.2, -0.15) is 0 Å². The summed E-state index contributed by atoms with van der Waals surface area (Å²) in [5.41, 5.74) is -0.652. The number of allylic oxidation sites excluding steroid dienone is 1. The number of unbranched alkanes of at least 4 members (excludes halogenated alkanes) is 5. The van der Waals surface area contributed by atoms with Crippen LogP contribution in [0.15, 0.2) is 24.3 Å². The summed E-state index contributed by atoms with van der Waals surface area (Å²) in [6.07, 6.45) is 8.97. The van der Waals surface area contributed by atoms with Gasteiger partial charge < -0.3 is 4.74 Å². The Labute approximate surface area is 152 Å². The SMILES string of the molecule is CC=CC(=O)Oc1c(CCCCCCCC)cc([N+](=O)[O-])cc1[N+](=O)[O-]. The van der Waals surface area contributed by atoms with Gasteiger partial charge in [0.2, 0.25) is 5.75 Å². The molecule has 0 aliphatic carbocycles. The fourth-order valence-corrected chi connectivity index (χ4v) is 2.57. The lowest BCUT2D eigenvalue weighted by Gasteiger charge is -2.10. The van der Waals surface area contributed by atoms with Crippen molar-refractivity contribution in [2.24, 2.45) is 0 Å². The molecule has 0 radical (unpaired) electrons. The van der Waals surface area contributed by atoms with Gasteiger partial charge in [0.1, 0.15) is 0 Å². The van der Waals surface area contributed by atoms with Crippen molar-refractivity contribution in [3.8, 4) is 5.75 Å². The van der Waals surface area contributed by atoms with Crippen molar-refractivity contribution in [2.45, 2.75) is 58.8 Å². The van der Waals surface area contributed by atoms with E-state index in [0.717, 1.165) is 44.2 Å². The van der Waals surface area contributed by atoms with Gasteiger partial charge in [0.05, 0.1) is 15.9 Å². The molecular weight excluding hydrogens is 340 g/mol. The Morgan fingerprint density at radius 3 is 2.31 bits per heavy atom. The van der Waals surface area contributed by atoms with Gasteiger partial charge in [0.25, 0.3) is 5.69 Å². The zero-order valence-electron chi connectivity index (χ0n) is 15.1. The Bertz CT molecular complexity index is 685. The van der Waals surface area contributed by atoms with Crippen LogP contribution in [0.1, 0.15) is 57.9 Å². The molecule has 0 bridgehead atoms. The molecule has 0 saturated carbocycles. The third kappa shape index (κ3) is 6.62. The Kier molecular flexibility index (Phi) is 8.97. The standard InChI is InChI=1S/C18H24N2O6/c1-3-5-6-7-8-9-11-14-12-15(19(22)23)13-16(20(24)25)18(14)26-17(21)10-4-2/h4,10,12-13H,3,5-9,11H2,1-2H3. The molecule has 8 nitrogen and oxygen atoms in total. The molecule has 0 N–H and O–H groups in total. The van der Waals surface area contributed by atoms with Gasteiger partial charge in [0.15, 0.2) is 0 Å². The highest BCUT2D eigenvalue weighted by molar-refractivity contribution is 5.85. The van der Waals surface area contributed by atoms with E-state index in [9.17, 15) is 25.0 Å². The monoisotopic (exact) mass is 364 g/mol. The Morgan fingerprint density at radius 1 is 1.08 bits per heavy atom. The van der Waals surface area contributed by atoms with E-state index in [4.69, 9.17) is 4.74 Å². The summed E-state index contributed by atoms with van der Waals surface area (Å²) in [6.45, 7) is 3.73. The number of hydrogen-bond donors (Lipinski definition) is 0. The number of ether oxygens (including phenoxy) is 1. The highest BCUT2D eigenvalue weighted by Crippen LogP contribution is 2.36. The number of non-ortho nitro benzene ring substituents is 1. The lowest BCUT2D eigenvalue weighted by molar-refractivity contribution is -0.394. The predicted octanol–water partition coefficient (Wildman–Crippen LogP) is 4.89. The van der Waals surface area contributed by atoms with Crippen LogP contribution in [-0.2, 0) is 11.2 Å². The van der Waals surface area contributed by atoms with E-state index in [1.54, 1.807) is 6.92 Å². The molecule has 0 aromatic heterocycles. The van der Waals surface area contributed by atoms with Gasteiger partial charge in [-0.1, -0.05) is 45.1 Å². The number of rotatable bonds is 11. The van der Waals surface area contributed by atoms with Crippen molar-refractivity contribution in [3.63, 3.8) is 0 Å². The minimum Gasteiger partial charge on any atom is -0.416 e. The molecule has 0 unspecified atom stereocenters. The molecule has 0 spiro atoms. The number of nitrogens with zero attached hydrogens (tertiary/aromatic N) is 2. The van der Waals surface area contributed by atoms with E-state index < -0.39 is 21.5 Å². The fourth-order valence-electron chi connectivity index (χ4n) is 2.57. The van der Waals surface area contributed by atoms with Gasteiger partial charge in [-0.25, -0.2) is 4.79 Å². The van der Waals surface area contributed by atoms with E-state index in [1.165, 1.54) is 12.1 Å². The second-order valence-electron chi connectivity index (χ2n) is 5.91. The van der Waals surface area contributed by atoms with Crippen LogP contribution in [-0.4, -0.2) is 15.8 Å². The smallest absolute Gasteiger partial charge is 0.336 e. The predicted molar refractivity (Wildman–Crippen MR) is 97.3 cm³/mol. The fraction of sp³-hybridized carbons (Fsp3) is 0.500. The molecule has 142 valence electrons. The molecule has 0 atom stereocenters. The van der Waals surface area contributed by atoms with Crippen LogP contribution in [0.2, 0.25) is 0 Å². The number of esters is 1. The molecular formula is C18H24N2O6. The van der Waals surface area contributed by atoms with Crippen molar-refractivity contribution in [2.75, 3.05) is 0 Å². The van der Waals surface area contributed by atoms with Crippen molar-refractivity contribution < 1.29 is 19.4 Å². The Morgan fingerprint density at radius 2 is 1.73 bits per heavy atom. The molecule has 0 aliphatic heterocycles. The maximum Gasteiger partial charge on any atom is 0.336 e. The first-order valence-corrected chi connectivity index (χ1v) is 8.70. The van der Waals surface area contributed by atoms with Gasteiger partial charge in [-0.3, -0.25) is 20.2 Å². The number of benzene rings is 1. The zero-order valence-corrected chi connectivity index (χ0v) is 15.1. The zero-order chi connectivity index (χ0) is 19.5. The molecule has 1 rings (SSSR count). The average Bonchev–Trinajstić information content (AvgIpc) is 2.58. The van der Waals surface area contributed by atoms with E-state index in [-0.39, 0.29) is 11.4 Å². The third-order valence-electron chi connectivity index (χ3n) is 3.84. The highest BCUT2D eigenvalue weighted by Gasteiger charge is 2.26. The molecule has 26 heavy (non-hydrogen) atoms. The van der Waals surface area contributed by atoms with Gasteiger partial charge in [0, 0.05) is 17.7 Å². The van der Waals surface area contributed by atoms with Gasteiger partial charge >= 0.3 is 11.7 Å². The van der Waals surface area contributed by atoms with Crippen LogP contribution in [0.3, 0.4) is 0 Å². The second kappa shape index (κ2) is 11.0. The number of nitro groups is 2. The molecule has 1 aromatic rings. The average molecular weight is 364 g/mol. The van der Waals surface area contributed by atoms with Crippen molar-refractivity contribution in [1.29, 1.82) is 0 Å². The summed E-state index contributed by atoms with van der Waals surface area (Å²) in [7, 11) is 0. The first-order valence-electron chi connectivity index (χ1n) is 8.70. The van der Waals surface area contributed by atoms with Crippen molar-refractivity contribution >= 4 is 17.3 Å². The van der Waals surface area contributed by atoms with Crippen LogP contribution in [0.25, 0.3) is 0 Å². The van der Waals surface area contributed by atoms with E-state index in [1.807, 2.05) is 0 Å². The quantitative estimate of drug-likeness (QED) is 0.138. The van der Waals surface area contributed by atoms with Crippen LogP contribution in [0.5, 0.6) is 5.75 Å². The second-order valence-corrected chi connectivity index (χ2v) is 5.91. The maximum atomic E-state index is 11.7. The van der Waals surface area contributed by atoms with Gasteiger partial charge in [-0.05, 0) is 19.8 Å². The summed E-state index contributed by atoms with van der Waals surface area (Å²) in [5.74, 6) is -0.967. The number of carbonyl (C=O) groups is 1. The number of carbonyl (C=O) groups excluding carboxylic acids is 1. The van der Waals surface area contributed by atoms with E-state index in [0.29, 0.717) is 18.4 Å². The summed E-state index contributed by atoms with van der Waals surface area (Å²) in [5, 5.41) is 22.4. The molecule has 0 saturated heterocycles. The number of nitro benzene ring substituents is 2. The summed E-state index contributed by atoms with van der Waals surface area (Å²) in [4.78, 5) is 32.7. The molecule has 0 heterocycles. The summed E-state index contributed by atoms with van der Waals surface area (Å²) >= 11 is 0. The first kappa shape index (κ1) is 21.3. The largest absolute Gasteiger partial charge is 0.416 e. The van der Waals surface area contributed by atoms with E-state index >= 15 is 0 Å². The molecule has 8 heteroatoms. The Balaban J connectivity index is 3.10. The Hall–Kier alpha value is -2.77. The minimum absolute atomic E-state index is 0.211. The number of aryl methyl sites for hydroxylation is 1. The normalized spacial score (nSPS) is 10.8. The molecule has 0 aliphatic rings. The number of hydrogen-bond acceptors (Lipinski definition) is 6. The minimum atomic E-state index is -0.768. The van der Waals surface area contributed by atoms with Gasteiger partial charge in [-0.15, -0.1) is 0 Å². The van der Waals surface area contributed by atoms with Crippen molar-refractivity contribution in [1.82, 2.24) is 0 Å². The molecule has 0 amide bonds.